The molecule has 0 radical (unpaired) electrons. The first-order valence-corrected chi connectivity index (χ1v) is 7.46. The molecule has 2 rings (SSSR count). The van der Waals surface area contributed by atoms with Gasteiger partial charge >= 0.3 is 0 Å². The van der Waals surface area contributed by atoms with Crippen LogP contribution in [0.15, 0.2) is 0 Å². The second kappa shape index (κ2) is 6.50. The summed E-state index contributed by atoms with van der Waals surface area (Å²) in [7, 11) is 2.08. The third-order valence-electron chi connectivity index (χ3n) is 4.20. The van der Waals surface area contributed by atoms with E-state index in [9.17, 15) is 5.11 Å². The molecule has 112 valence electrons. The number of hydrogen-bond donors (Lipinski definition) is 2. The lowest BCUT2D eigenvalue weighted by molar-refractivity contribution is -0.0584. The minimum absolute atomic E-state index is 0.263. The van der Waals surface area contributed by atoms with E-state index in [0.717, 1.165) is 45.8 Å². The summed E-state index contributed by atoms with van der Waals surface area (Å²) < 4.78 is 5.85. The van der Waals surface area contributed by atoms with Gasteiger partial charge in [-0.3, -0.25) is 4.90 Å². The van der Waals surface area contributed by atoms with E-state index in [4.69, 9.17) is 4.74 Å². The molecule has 19 heavy (non-hydrogen) atoms. The van der Waals surface area contributed by atoms with Crippen LogP contribution in [0.3, 0.4) is 0 Å². The van der Waals surface area contributed by atoms with Crippen molar-refractivity contribution in [2.75, 3.05) is 52.9 Å². The highest BCUT2D eigenvalue weighted by Gasteiger charge is 2.33. The van der Waals surface area contributed by atoms with E-state index >= 15 is 0 Å². The van der Waals surface area contributed by atoms with Crippen LogP contribution in [-0.2, 0) is 4.74 Å². The van der Waals surface area contributed by atoms with Crippen LogP contribution < -0.4 is 5.32 Å². The molecule has 0 aromatic rings. The summed E-state index contributed by atoms with van der Waals surface area (Å²) >= 11 is 0. The van der Waals surface area contributed by atoms with E-state index in [1.807, 2.05) is 0 Å². The number of nitrogens with zero attached hydrogens (tertiary/aromatic N) is 2. The molecule has 2 saturated heterocycles. The molecule has 0 aromatic heterocycles. The summed E-state index contributed by atoms with van der Waals surface area (Å²) in [6.07, 6.45) is 1.11. The van der Waals surface area contributed by atoms with Crippen LogP contribution >= 0.6 is 0 Å². The van der Waals surface area contributed by atoms with Crippen molar-refractivity contribution >= 4 is 0 Å². The molecular formula is C14H29N3O2. The molecule has 5 nitrogen and oxygen atoms in total. The average Bonchev–Trinajstić information content (AvgIpc) is 2.75. The Kier molecular flexibility index (Phi) is 5.20. The smallest absolute Gasteiger partial charge is 0.0909 e. The Labute approximate surface area is 116 Å². The molecule has 0 aliphatic carbocycles. The van der Waals surface area contributed by atoms with Gasteiger partial charge in [-0.15, -0.1) is 0 Å². The number of rotatable bonds is 5. The Morgan fingerprint density at radius 1 is 1.53 bits per heavy atom. The Hall–Kier alpha value is -0.200. The Morgan fingerprint density at radius 3 is 2.95 bits per heavy atom. The number of aliphatic hydroxyl groups is 1. The second-order valence-electron chi connectivity index (χ2n) is 6.43. The first kappa shape index (κ1) is 15.2. The summed E-state index contributed by atoms with van der Waals surface area (Å²) in [5.41, 5.74) is -0.554. The van der Waals surface area contributed by atoms with Crippen molar-refractivity contribution < 1.29 is 9.84 Å². The van der Waals surface area contributed by atoms with Gasteiger partial charge in [-0.25, -0.2) is 0 Å². The van der Waals surface area contributed by atoms with Gasteiger partial charge in [0.2, 0.25) is 0 Å². The van der Waals surface area contributed by atoms with E-state index in [-0.39, 0.29) is 6.10 Å². The molecule has 2 atom stereocenters. The highest BCUT2D eigenvalue weighted by Crippen LogP contribution is 2.16. The quantitative estimate of drug-likeness (QED) is 0.722. The number of ether oxygens (including phenoxy) is 1. The molecule has 0 bridgehead atoms. The van der Waals surface area contributed by atoms with E-state index in [1.54, 1.807) is 0 Å². The van der Waals surface area contributed by atoms with Crippen molar-refractivity contribution in [1.29, 1.82) is 0 Å². The van der Waals surface area contributed by atoms with Gasteiger partial charge in [0.05, 0.1) is 18.3 Å². The van der Waals surface area contributed by atoms with E-state index in [0.29, 0.717) is 12.6 Å². The zero-order valence-electron chi connectivity index (χ0n) is 12.6. The van der Waals surface area contributed by atoms with Crippen LogP contribution in [0, 0.1) is 0 Å². The van der Waals surface area contributed by atoms with Crippen molar-refractivity contribution in [1.82, 2.24) is 15.1 Å². The number of β-amino-alcohol motifs (C(OH)–C–C–N with tert-alkyl or cyclic N) is 1. The van der Waals surface area contributed by atoms with Crippen LogP contribution in [-0.4, -0.2) is 85.6 Å². The van der Waals surface area contributed by atoms with Gasteiger partial charge in [-0.1, -0.05) is 0 Å². The van der Waals surface area contributed by atoms with E-state index < -0.39 is 5.60 Å². The molecule has 2 heterocycles. The van der Waals surface area contributed by atoms with Gasteiger partial charge in [0, 0.05) is 38.8 Å². The maximum Gasteiger partial charge on any atom is 0.0909 e. The number of morpholine rings is 1. The van der Waals surface area contributed by atoms with Crippen LogP contribution in [0.4, 0.5) is 0 Å². The molecule has 0 saturated carbocycles. The summed E-state index contributed by atoms with van der Waals surface area (Å²) in [5, 5.41) is 13.6. The first-order valence-electron chi connectivity index (χ1n) is 7.46. The normalized spacial score (nSPS) is 33.5. The number of hydrogen-bond acceptors (Lipinski definition) is 5. The minimum Gasteiger partial charge on any atom is -0.387 e. The molecule has 2 fully saturated rings. The Morgan fingerprint density at radius 2 is 2.32 bits per heavy atom. The van der Waals surface area contributed by atoms with Gasteiger partial charge in [-0.05, 0) is 33.9 Å². The molecular weight excluding hydrogens is 242 g/mol. The average molecular weight is 271 g/mol. The standard InChI is InChI=1S/C14H29N3O2/c1-12(2)17-6-7-19-13(9-17)8-16(3)11-14(18)4-5-15-10-14/h12-13,15,18H,4-11H2,1-3H3. The molecule has 2 aliphatic heterocycles. The molecule has 2 N–H and O–H groups in total. The Bertz CT molecular complexity index is 280. The van der Waals surface area contributed by atoms with Crippen LogP contribution in [0.25, 0.3) is 0 Å². The molecule has 2 aliphatic rings. The van der Waals surface area contributed by atoms with Gasteiger partial charge in [0.25, 0.3) is 0 Å². The van der Waals surface area contributed by atoms with Gasteiger partial charge < -0.3 is 20.1 Å². The molecule has 0 spiro atoms. The molecule has 5 heteroatoms. The molecule has 2 unspecified atom stereocenters. The maximum atomic E-state index is 10.4. The van der Waals surface area contributed by atoms with Gasteiger partial charge in [0.1, 0.15) is 0 Å². The second-order valence-corrected chi connectivity index (χ2v) is 6.43. The van der Waals surface area contributed by atoms with Crippen molar-refractivity contribution in [3.8, 4) is 0 Å². The minimum atomic E-state index is -0.554. The van der Waals surface area contributed by atoms with Crippen molar-refractivity contribution in [3.63, 3.8) is 0 Å². The topological polar surface area (TPSA) is 48.0 Å². The summed E-state index contributed by atoms with van der Waals surface area (Å²) in [6.45, 7) is 10.6. The Balaban J connectivity index is 1.76. The van der Waals surface area contributed by atoms with Gasteiger partial charge in [-0.2, -0.15) is 0 Å². The highest BCUT2D eigenvalue weighted by molar-refractivity contribution is 4.90. The lowest BCUT2D eigenvalue weighted by Crippen LogP contribution is -2.51. The summed E-state index contributed by atoms with van der Waals surface area (Å²) in [4.78, 5) is 4.68. The fourth-order valence-electron chi connectivity index (χ4n) is 3.10. The highest BCUT2D eigenvalue weighted by atomic mass is 16.5. The predicted octanol–water partition coefficient (Wildman–Crippen LogP) is -0.248. The number of nitrogens with one attached hydrogen (secondary N) is 1. The van der Waals surface area contributed by atoms with Crippen LogP contribution in [0.5, 0.6) is 0 Å². The van der Waals surface area contributed by atoms with E-state index in [1.165, 1.54) is 0 Å². The molecule has 0 amide bonds. The first-order chi connectivity index (χ1) is 8.98. The van der Waals surface area contributed by atoms with Gasteiger partial charge in [0.15, 0.2) is 0 Å². The SMILES string of the molecule is CC(C)N1CCOC(CN(C)CC2(O)CCNC2)C1. The third kappa shape index (κ3) is 4.39. The lowest BCUT2D eigenvalue weighted by atomic mass is 10.0. The molecule has 0 aromatic carbocycles. The van der Waals surface area contributed by atoms with Crippen molar-refractivity contribution in [3.05, 3.63) is 0 Å². The third-order valence-corrected chi connectivity index (χ3v) is 4.20. The summed E-state index contributed by atoms with van der Waals surface area (Å²) in [5.74, 6) is 0. The fourth-order valence-corrected chi connectivity index (χ4v) is 3.10. The van der Waals surface area contributed by atoms with Crippen molar-refractivity contribution in [2.24, 2.45) is 0 Å². The van der Waals surface area contributed by atoms with Crippen LogP contribution in [0.2, 0.25) is 0 Å². The fraction of sp³-hybridized carbons (Fsp3) is 1.00. The zero-order valence-corrected chi connectivity index (χ0v) is 12.6. The number of likely N-dealkylation sites (N-methyl/N-ethyl adjacent to an activating group) is 1. The monoisotopic (exact) mass is 271 g/mol. The lowest BCUT2D eigenvalue weighted by Gasteiger charge is -2.38. The largest absolute Gasteiger partial charge is 0.387 e. The van der Waals surface area contributed by atoms with E-state index in [2.05, 4.69) is 36.0 Å². The summed E-state index contributed by atoms with van der Waals surface area (Å²) in [6, 6.07) is 0.583. The maximum absolute atomic E-state index is 10.4. The van der Waals surface area contributed by atoms with Crippen LogP contribution in [0.1, 0.15) is 20.3 Å². The zero-order chi connectivity index (χ0) is 13.9. The van der Waals surface area contributed by atoms with Crippen molar-refractivity contribution in [2.45, 2.75) is 38.0 Å². The predicted molar refractivity (Wildman–Crippen MR) is 76.4 cm³/mol.